The second kappa shape index (κ2) is 10.2. The Bertz CT molecular complexity index is 1220. The quantitative estimate of drug-likeness (QED) is 0.385. The fourth-order valence-electron chi connectivity index (χ4n) is 3.64. The first-order valence-electron chi connectivity index (χ1n) is 10.4. The van der Waals surface area contributed by atoms with E-state index in [1.54, 1.807) is 14.2 Å². The fraction of sp³-hybridized carbons (Fsp3) is 0.200. The average Bonchev–Trinajstić information content (AvgIpc) is 3.25. The molecule has 2 N–H and O–H groups in total. The van der Waals surface area contributed by atoms with Gasteiger partial charge in [0, 0.05) is 18.8 Å². The maximum Gasteiger partial charge on any atom is 0.172 e. The molecule has 4 rings (SSSR count). The molecular formula is C25H26N4O2S. The smallest absolute Gasteiger partial charge is 0.172 e. The third kappa shape index (κ3) is 5.18. The lowest BCUT2D eigenvalue weighted by Gasteiger charge is -2.11. The number of thiocarbonyl (C=S) groups is 1. The molecule has 4 aromatic rings. The Morgan fingerprint density at radius 2 is 1.78 bits per heavy atom. The number of rotatable bonds is 8. The molecule has 7 heteroatoms. The Labute approximate surface area is 193 Å². The maximum absolute atomic E-state index is 5.43. The zero-order chi connectivity index (χ0) is 22.3. The van der Waals surface area contributed by atoms with Crippen molar-refractivity contribution in [2.24, 2.45) is 0 Å². The van der Waals surface area contributed by atoms with Crippen LogP contribution in [0, 0.1) is 0 Å². The van der Waals surface area contributed by atoms with Crippen LogP contribution < -0.4 is 20.1 Å². The van der Waals surface area contributed by atoms with Crippen LogP contribution in [0.25, 0.3) is 10.8 Å². The van der Waals surface area contributed by atoms with E-state index in [-0.39, 0.29) is 0 Å². The number of fused-ring (bicyclic) bond motifs is 1. The molecule has 0 atom stereocenters. The van der Waals surface area contributed by atoms with E-state index in [1.165, 1.54) is 16.3 Å². The summed E-state index contributed by atoms with van der Waals surface area (Å²) in [7, 11) is 3.27. The summed E-state index contributed by atoms with van der Waals surface area (Å²) in [5.41, 5.74) is 2.37. The predicted molar refractivity (Wildman–Crippen MR) is 133 cm³/mol. The van der Waals surface area contributed by atoms with Crippen molar-refractivity contribution in [3.05, 3.63) is 84.1 Å². The number of hydrogen-bond donors (Lipinski definition) is 2. The first-order chi connectivity index (χ1) is 15.7. The Morgan fingerprint density at radius 3 is 2.62 bits per heavy atom. The van der Waals surface area contributed by atoms with Crippen molar-refractivity contribution < 1.29 is 9.47 Å². The number of nitrogens with one attached hydrogen (secondary N) is 2. The SMILES string of the molecule is COc1ccc(CCNC(=S)Nc2ccn(Cc3cccc4ccccc34)n2)cc1OC. The predicted octanol–water partition coefficient (Wildman–Crippen LogP) is 4.63. The number of nitrogens with zero attached hydrogens (tertiary/aromatic N) is 2. The Hall–Kier alpha value is -3.58. The summed E-state index contributed by atoms with van der Waals surface area (Å²) in [5.74, 6) is 2.16. The van der Waals surface area contributed by atoms with Gasteiger partial charge in [-0.2, -0.15) is 5.10 Å². The highest BCUT2D eigenvalue weighted by Gasteiger charge is 2.07. The van der Waals surface area contributed by atoms with Crippen LogP contribution in [-0.4, -0.2) is 35.7 Å². The van der Waals surface area contributed by atoms with E-state index < -0.39 is 0 Å². The molecule has 0 amide bonds. The monoisotopic (exact) mass is 446 g/mol. The van der Waals surface area contributed by atoms with Crippen molar-refractivity contribution in [3.8, 4) is 11.5 Å². The van der Waals surface area contributed by atoms with E-state index in [0.29, 0.717) is 24.0 Å². The molecular weight excluding hydrogens is 420 g/mol. The molecule has 1 heterocycles. The molecule has 0 bridgehead atoms. The zero-order valence-corrected chi connectivity index (χ0v) is 19.0. The molecule has 164 valence electrons. The largest absolute Gasteiger partial charge is 0.493 e. The van der Waals surface area contributed by atoms with Gasteiger partial charge in [-0.05, 0) is 52.7 Å². The van der Waals surface area contributed by atoms with Gasteiger partial charge in [-0.25, -0.2) is 0 Å². The zero-order valence-electron chi connectivity index (χ0n) is 18.2. The van der Waals surface area contributed by atoms with Crippen molar-refractivity contribution >= 4 is 33.9 Å². The summed E-state index contributed by atoms with van der Waals surface area (Å²) in [6, 6.07) is 22.6. The topological polar surface area (TPSA) is 60.3 Å². The number of methoxy groups -OCH3 is 2. The molecule has 0 saturated carbocycles. The molecule has 0 spiro atoms. The van der Waals surface area contributed by atoms with Crippen molar-refractivity contribution in [1.29, 1.82) is 0 Å². The molecule has 1 aromatic heterocycles. The molecule has 6 nitrogen and oxygen atoms in total. The second-order valence-electron chi connectivity index (χ2n) is 7.36. The molecule has 0 aliphatic heterocycles. The molecule has 0 radical (unpaired) electrons. The molecule has 0 aliphatic rings. The molecule has 0 saturated heterocycles. The third-order valence-electron chi connectivity index (χ3n) is 5.24. The van der Waals surface area contributed by atoms with Gasteiger partial charge in [-0.3, -0.25) is 4.68 Å². The average molecular weight is 447 g/mol. The summed E-state index contributed by atoms with van der Waals surface area (Å²) in [5, 5.41) is 14.0. The molecule has 3 aromatic carbocycles. The maximum atomic E-state index is 5.43. The lowest BCUT2D eigenvalue weighted by atomic mass is 10.0. The van der Waals surface area contributed by atoms with Crippen LogP contribution in [0.4, 0.5) is 5.82 Å². The molecule has 0 aliphatic carbocycles. The normalized spacial score (nSPS) is 10.7. The Balaban J connectivity index is 1.30. The number of aromatic nitrogens is 2. The van der Waals surface area contributed by atoms with E-state index in [4.69, 9.17) is 21.7 Å². The second-order valence-corrected chi connectivity index (χ2v) is 7.77. The van der Waals surface area contributed by atoms with Gasteiger partial charge in [0.2, 0.25) is 0 Å². The van der Waals surface area contributed by atoms with Gasteiger partial charge in [0.05, 0.1) is 20.8 Å². The fourth-order valence-corrected chi connectivity index (χ4v) is 3.84. The summed E-state index contributed by atoms with van der Waals surface area (Å²) in [4.78, 5) is 0. The van der Waals surface area contributed by atoms with Crippen LogP contribution in [0.2, 0.25) is 0 Å². The van der Waals surface area contributed by atoms with Gasteiger partial charge >= 0.3 is 0 Å². The number of anilines is 1. The van der Waals surface area contributed by atoms with Gasteiger partial charge in [-0.15, -0.1) is 0 Å². The number of benzene rings is 3. The van der Waals surface area contributed by atoms with Crippen LogP contribution in [0.5, 0.6) is 11.5 Å². The van der Waals surface area contributed by atoms with E-state index in [0.717, 1.165) is 23.5 Å². The first kappa shape index (κ1) is 21.6. The molecule has 32 heavy (non-hydrogen) atoms. The Kier molecular flexibility index (Phi) is 6.87. The Morgan fingerprint density at radius 1 is 0.969 bits per heavy atom. The van der Waals surface area contributed by atoms with Gasteiger partial charge in [0.1, 0.15) is 0 Å². The third-order valence-corrected chi connectivity index (χ3v) is 5.49. The minimum absolute atomic E-state index is 0.542. The highest BCUT2D eigenvalue weighted by Crippen LogP contribution is 2.27. The van der Waals surface area contributed by atoms with E-state index in [1.807, 2.05) is 35.1 Å². The van der Waals surface area contributed by atoms with Gasteiger partial charge in [0.15, 0.2) is 22.4 Å². The van der Waals surface area contributed by atoms with Crippen LogP contribution in [0.3, 0.4) is 0 Å². The van der Waals surface area contributed by atoms with Crippen LogP contribution in [-0.2, 0) is 13.0 Å². The van der Waals surface area contributed by atoms with Gasteiger partial charge in [0.25, 0.3) is 0 Å². The highest BCUT2D eigenvalue weighted by atomic mass is 32.1. The number of ether oxygens (including phenoxy) is 2. The van der Waals surface area contributed by atoms with Crippen molar-refractivity contribution in [2.75, 3.05) is 26.1 Å². The van der Waals surface area contributed by atoms with Gasteiger partial charge in [-0.1, -0.05) is 48.5 Å². The minimum Gasteiger partial charge on any atom is -0.493 e. The van der Waals surface area contributed by atoms with Gasteiger partial charge < -0.3 is 20.1 Å². The van der Waals surface area contributed by atoms with E-state index >= 15 is 0 Å². The number of hydrogen-bond acceptors (Lipinski definition) is 4. The van der Waals surface area contributed by atoms with Crippen LogP contribution in [0.15, 0.2) is 72.9 Å². The summed E-state index contributed by atoms with van der Waals surface area (Å²) >= 11 is 5.43. The first-order valence-corrected chi connectivity index (χ1v) is 10.8. The van der Waals surface area contributed by atoms with Crippen LogP contribution >= 0.6 is 12.2 Å². The summed E-state index contributed by atoms with van der Waals surface area (Å²) in [6.45, 7) is 1.39. The summed E-state index contributed by atoms with van der Waals surface area (Å²) in [6.07, 6.45) is 2.76. The van der Waals surface area contributed by atoms with Crippen molar-refractivity contribution in [1.82, 2.24) is 15.1 Å². The molecule has 0 unspecified atom stereocenters. The molecule has 0 fully saturated rings. The van der Waals surface area contributed by atoms with Crippen molar-refractivity contribution in [3.63, 3.8) is 0 Å². The van der Waals surface area contributed by atoms with E-state index in [9.17, 15) is 0 Å². The lowest BCUT2D eigenvalue weighted by molar-refractivity contribution is 0.354. The van der Waals surface area contributed by atoms with E-state index in [2.05, 4.69) is 58.2 Å². The van der Waals surface area contributed by atoms with Crippen molar-refractivity contribution in [2.45, 2.75) is 13.0 Å². The summed E-state index contributed by atoms with van der Waals surface area (Å²) < 4.78 is 12.6. The van der Waals surface area contributed by atoms with Crippen LogP contribution in [0.1, 0.15) is 11.1 Å². The highest BCUT2D eigenvalue weighted by molar-refractivity contribution is 7.80. The minimum atomic E-state index is 0.542. The lowest BCUT2D eigenvalue weighted by Crippen LogP contribution is -2.30. The standard InChI is InChI=1S/C25H26N4O2S/c1-30-22-11-10-18(16-23(22)31-2)12-14-26-25(32)27-24-13-15-29(28-24)17-20-8-5-7-19-6-3-4-9-21(19)20/h3-11,13,15-16H,12,14,17H2,1-2H3,(H2,26,27,28,32).